The minimum absolute atomic E-state index is 0.0526. The van der Waals surface area contributed by atoms with Crippen molar-refractivity contribution in [3.05, 3.63) is 58.8 Å². The number of para-hydroxylation sites is 1. The molecule has 1 amide bonds. The lowest BCUT2D eigenvalue weighted by molar-refractivity contribution is -0.113. The van der Waals surface area contributed by atoms with Crippen molar-refractivity contribution in [3.8, 4) is 11.5 Å². The summed E-state index contributed by atoms with van der Waals surface area (Å²) in [4.78, 5) is 14.0. The van der Waals surface area contributed by atoms with Gasteiger partial charge in [0.1, 0.15) is 17.3 Å². The van der Waals surface area contributed by atoms with Gasteiger partial charge in [-0.05, 0) is 48.2 Å². The molecule has 1 N–H and O–H groups in total. The molecule has 0 atom stereocenters. The summed E-state index contributed by atoms with van der Waals surface area (Å²) in [6, 6.07) is 11.1. The molecule has 2 aromatic carbocycles. The minimum atomic E-state index is -0.554. The second kappa shape index (κ2) is 6.98. The lowest BCUT2D eigenvalue weighted by atomic mass is 10.1. The highest BCUT2D eigenvalue weighted by Crippen LogP contribution is 2.37. The molecular formula is C18H15FN2O3S. The maximum absolute atomic E-state index is 14.0. The van der Waals surface area contributed by atoms with Gasteiger partial charge in [0, 0.05) is 5.56 Å². The number of hydrogen-bond donors (Lipinski definition) is 1. The Labute approximate surface area is 148 Å². The first-order chi connectivity index (χ1) is 12.0. The number of carbonyl (C=O) groups is 1. The van der Waals surface area contributed by atoms with E-state index in [1.54, 1.807) is 37.5 Å². The van der Waals surface area contributed by atoms with E-state index in [-0.39, 0.29) is 10.9 Å². The van der Waals surface area contributed by atoms with Crippen LogP contribution in [-0.2, 0) is 4.79 Å². The van der Waals surface area contributed by atoms with Crippen LogP contribution in [0, 0.1) is 11.2 Å². The average molecular weight is 358 g/mol. The molecule has 1 fully saturated rings. The SMILES string of the molecule is COc1ccc(OC)c(C=C2SC(=N)N(c3ccccc3F)C2=O)c1. The lowest BCUT2D eigenvalue weighted by Gasteiger charge is -2.14. The average Bonchev–Trinajstić information content (AvgIpc) is 2.89. The van der Waals surface area contributed by atoms with Crippen molar-refractivity contribution in [1.29, 1.82) is 5.41 Å². The molecule has 7 heteroatoms. The summed E-state index contributed by atoms with van der Waals surface area (Å²) in [5, 5.41) is 8.00. The highest BCUT2D eigenvalue weighted by molar-refractivity contribution is 8.19. The number of rotatable bonds is 4. The summed E-state index contributed by atoms with van der Waals surface area (Å²) in [5.74, 6) is 0.174. The van der Waals surface area contributed by atoms with Crippen molar-refractivity contribution in [1.82, 2.24) is 0 Å². The molecular weight excluding hydrogens is 343 g/mol. The normalized spacial score (nSPS) is 15.8. The molecule has 0 bridgehead atoms. The van der Waals surface area contributed by atoms with Crippen LogP contribution >= 0.6 is 11.8 Å². The van der Waals surface area contributed by atoms with Crippen molar-refractivity contribution in [2.75, 3.05) is 19.1 Å². The molecule has 3 rings (SSSR count). The Morgan fingerprint density at radius 1 is 1.16 bits per heavy atom. The zero-order valence-electron chi connectivity index (χ0n) is 13.6. The van der Waals surface area contributed by atoms with Gasteiger partial charge in [-0.3, -0.25) is 15.1 Å². The first kappa shape index (κ1) is 17.0. The third-order valence-corrected chi connectivity index (χ3v) is 4.53. The highest BCUT2D eigenvalue weighted by Gasteiger charge is 2.35. The van der Waals surface area contributed by atoms with Gasteiger partial charge in [0.25, 0.3) is 5.91 Å². The van der Waals surface area contributed by atoms with E-state index in [0.29, 0.717) is 22.0 Å². The Morgan fingerprint density at radius 2 is 1.92 bits per heavy atom. The third kappa shape index (κ3) is 3.23. The van der Waals surface area contributed by atoms with E-state index in [1.807, 2.05) is 0 Å². The van der Waals surface area contributed by atoms with Gasteiger partial charge in [-0.25, -0.2) is 4.39 Å². The third-order valence-electron chi connectivity index (χ3n) is 3.64. The quantitative estimate of drug-likeness (QED) is 0.842. The maximum Gasteiger partial charge on any atom is 0.271 e. The fourth-order valence-corrected chi connectivity index (χ4v) is 3.28. The van der Waals surface area contributed by atoms with Gasteiger partial charge < -0.3 is 9.47 Å². The number of methoxy groups -OCH3 is 2. The second-order valence-corrected chi connectivity index (χ2v) is 6.15. The molecule has 1 heterocycles. The van der Waals surface area contributed by atoms with Gasteiger partial charge in [-0.1, -0.05) is 12.1 Å². The van der Waals surface area contributed by atoms with Gasteiger partial charge in [0.05, 0.1) is 24.8 Å². The zero-order chi connectivity index (χ0) is 18.0. The van der Waals surface area contributed by atoms with Crippen LogP contribution in [0.15, 0.2) is 47.4 Å². The standard InChI is InChI=1S/C18H15FN2O3S/c1-23-12-7-8-15(24-2)11(9-12)10-16-17(22)21(18(20)25-16)14-6-4-3-5-13(14)19/h3-10,20H,1-2H3. The van der Waals surface area contributed by atoms with Gasteiger partial charge in [0.2, 0.25) is 0 Å². The van der Waals surface area contributed by atoms with Crippen LogP contribution in [0.5, 0.6) is 11.5 Å². The highest BCUT2D eigenvalue weighted by atomic mass is 32.2. The number of thioether (sulfide) groups is 1. The Balaban J connectivity index is 2.00. The van der Waals surface area contributed by atoms with Crippen LogP contribution in [-0.4, -0.2) is 25.3 Å². The van der Waals surface area contributed by atoms with Gasteiger partial charge >= 0.3 is 0 Å². The molecule has 1 aliphatic heterocycles. The van der Waals surface area contributed by atoms with Crippen LogP contribution < -0.4 is 14.4 Å². The van der Waals surface area contributed by atoms with E-state index in [9.17, 15) is 9.18 Å². The first-order valence-corrected chi connectivity index (χ1v) is 8.16. The number of hydrogen-bond acceptors (Lipinski definition) is 5. The largest absolute Gasteiger partial charge is 0.497 e. The van der Waals surface area contributed by atoms with Crippen molar-refractivity contribution < 1.29 is 18.7 Å². The van der Waals surface area contributed by atoms with Crippen LogP contribution in [0.3, 0.4) is 0 Å². The van der Waals surface area contributed by atoms with Gasteiger partial charge in [-0.15, -0.1) is 0 Å². The molecule has 5 nitrogen and oxygen atoms in total. The Kier molecular flexibility index (Phi) is 4.76. The fourth-order valence-electron chi connectivity index (χ4n) is 2.43. The second-order valence-electron chi connectivity index (χ2n) is 5.12. The summed E-state index contributed by atoms with van der Waals surface area (Å²) >= 11 is 0.971. The molecule has 0 aliphatic carbocycles. The number of nitrogens with one attached hydrogen (secondary N) is 1. The van der Waals surface area contributed by atoms with E-state index in [2.05, 4.69) is 0 Å². The molecule has 2 aromatic rings. The molecule has 1 saturated heterocycles. The van der Waals surface area contributed by atoms with Gasteiger partial charge in [0.15, 0.2) is 5.17 Å². The number of amidine groups is 1. The summed E-state index contributed by atoms with van der Waals surface area (Å²) in [7, 11) is 3.07. The van der Waals surface area contributed by atoms with Crippen molar-refractivity contribution in [3.63, 3.8) is 0 Å². The molecule has 0 unspecified atom stereocenters. The Hall–Kier alpha value is -2.80. The molecule has 1 aliphatic rings. The molecule has 25 heavy (non-hydrogen) atoms. The number of carbonyl (C=O) groups excluding carboxylic acids is 1. The monoisotopic (exact) mass is 358 g/mol. The predicted molar refractivity (Wildman–Crippen MR) is 96.7 cm³/mol. The molecule has 0 saturated carbocycles. The van der Waals surface area contributed by atoms with Crippen LogP contribution in [0.25, 0.3) is 6.08 Å². The topological polar surface area (TPSA) is 62.6 Å². The number of benzene rings is 2. The number of ether oxygens (including phenoxy) is 2. The summed E-state index contributed by atoms with van der Waals surface area (Å²) in [5.41, 5.74) is 0.701. The Bertz CT molecular complexity index is 882. The van der Waals surface area contributed by atoms with E-state index < -0.39 is 11.7 Å². The fraction of sp³-hybridized carbons (Fsp3) is 0.111. The number of halogens is 1. The molecule has 128 valence electrons. The van der Waals surface area contributed by atoms with Crippen LogP contribution in [0.2, 0.25) is 0 Å². The summed E-state index contributed by atoms with van der Waals surface area (Å²) in [6.07, 6.45) is 1.61. The minimum Gasteiger partial charge on any atom is -0.497 e. The first-order valence-electron chi connectivity index (χ1n) is 7.34. The number of anilines is 1. The predicted octanol–water partition coefficient (Wildman–Crippen LogP) is 3.90. The Morgan fingerprint density at radius 3 is 2.60 bits per heavy atom. The summed E-state index contributed by atoms with van der Waals surface area (Å²) < 4.78 is 24.5. The van der Waals surface area contributed by atoms with E-state index >= 15 is 0 Å². The van der Waals surface area contributed by atoms with Gasteiger partial charge in [-0.2, -0.15) is 0 Å². The smallest absolute Gasteiger partial charge is 0.271 e. The van der Waals surface area contributed by atoms with Crippen molar-refractivity contribution in [2.24, 2.45) is 0 Å². The van der Waals surface area contributed by atoms with E-state index in [0.717, 1.165) is 16.7 Å². The maximum atomic E-state index is 14.0. The number of nitrogens with zero attached hydrogens (tertiary/aromatic N) is 1. The molecule has 0 spiro atoms. The zero-order valence-corrected chi connectivity index (χ0v) is 14.4. The molecule has 0 radical (unpaired) electrons. The number of amides is 1. The van der Waals surface area contributed by atoms with Crippen molar-refractivity contribution >= 4 is 34.6 Å². The van der Waals surface area contributed by atoms with E-state index in [4.69, 9.17) is 14.9 Å². The lowest BCUT2D eigenvalue weighted by Crippen LogP contribution is -2.28. The molecule has 0 aromatic heterocycles. The van der Waals surface area contributed by atoms with Crippen molar-refractivity contribution in [2.45, 2.75) is 0 Å². The van der Waals surface area contributed by atoms with Crippen LogP contribution in [0.1, 0.15) is 5.56 Å². The van der Waals surface area contributed by atoms with Crippen LogP contribution in [0.4, 0.5) is 10.1 Å². The summed E-state index contributed by atoms with van der Waals surface area (Å²) in [6.45, 7) is 0. The van der Waals surface area contributed by atoms with E-state index in [1.165, 1.54) is 25.3 Å².